The molecule has 1 aromatic carbocycles. The lowest BCUT2D eigenvalue weighted by atomic mass is 10.1. The second-order valence-corrected chi connectivity index (χ2v) is 6.30. The van der Waals surface area contributed by atoms with E-state index in [1.54, 1.807) is 0 Å². The fourth-order valence-corrected chi connectivity index (χ4v) is 2.23. The van der Waals surface area contributed by atoms with E-state index in [-0.39, 0.29) is 6.10 Å². The molecule has 0 bridgehead atoms. The molecule has 2 rings (SSSR count). The molecule has 0 saturated heterocycles. The number of aliphatic hydroxyl groups excluding tert-OH is 1. The van der Waals surface area contributed by atoms with Gasteiger partial charge in [-0.05, 0) is 57.2 Å². The van der Waals surface area contributed by atoms with Crippen molar-refractivity contribution >= 4 is 5.96 Å². The number of nitrogens with one attached hydrogen (secondary N) is 2. The van der Waals surface area contributed by atoms with Gasteiger partial charge in [0.1, 0.15) is 5.75 Å². The first-order chi connectivity index (χ1) is 11.1. The Morgan fingerprint density at radius 3 is 2.52 bits per heavy atom. The van der Waals surface area contributed by atoms with Crippen LogP contribution in [0.5, 0.6) is 5.75 Å². The summed E-state index contributed by atoms with van der Waals surface area (Å²) in [7, 11) is 0. The van der Waals surface area contributed by atoms with E-state index in [2.05, 4.69) is 15.6 Å². The van der Waals surface area contributed by atoms with Crippen LogP contribution >= 0.6 is 0 Å². The van der Waals surface area contributed by atoms with E-state index in [1.165, 1.54) is 12.8 Å². The highest BCUT2D eigenvalue weighted by molar-refractivity contribution is 5.79. The molecular weight excluding hydrogens is 290 g/mol. The van der Waals surface area contributed by atoms with Crippen LogP contribution < -0.4 is 15.4 Å². The van der Waals surface area contributed by atoms with Gasteiger partial charge in [-0.25, -0.2) is 0 Å². The summed E-state index contributed by atoms with van der Waals surface area (Å²) in [5, 5.41) is 16.8. The van der Waals surface area contributed by atoms with Crippen LogP contribution in [0, 0.1) is 5.92 Å². The van der Waals surface area contributed by atoms with Gasteiger partial charge in [-0.15, -0.1) is 0 Å². The highest BCUT2D eigenvalue weighted by Crippen LogP contribution is 2.27. The maximum Gasteiger partial charge on any atom is 0.191 e. The Morgan fingerprint density at radius 1 is 1.26 bits per heavy atom. The number of aliphatic imine (C=N–C) groups is 1. The molecule has 0 radical (unpaired) electrons. The Bertz CT molecular complexity index is 495. The molecule has 0 spiro atoms. The minimum atomic E-state index is -0.612. The summed E-state index contributed by atoms with van der Waals surface area (Å²) in [4.78, 5) is 4.47. The van der Waals surface area contributed by atoms with Gasteiger partial charge >= 0.3 is 0 Å². The zero-order valence-electron chi connectivity index (χ0n) is 14.4. The molecule has 5 heteroatoms. The summed E-state index contributed by atoms with van der Waals surface area (Å²) >= 11 is 0. The average molecular weight is 319 g/mol. The lowest BCUT2D eigenvalue weighted by molar-refractivity contribution is 0.186. The van der Waals surface area contributed by atoms with Crippen molar-refractivity contribution in [2.45, 2.75) is 45.8 Å². The molecule has 0 heterocycles. The van der Waals surface area contributed by atoms with Crippen LogP contribution in [0.2, 0.25) is 0 Å². The van der Waals surface area contributed by atoms with Gasteiger partial charge in [0, 0.05) is 13.1 Å². The van der Waals surface area contributed by atoms with Crippen LogP contribution in [-0.2, 0) is 0 Å². The quantitative estimate of drug-likeness (QED) is 0.509. The minimum absolute atomic E-state index is 0.149. The van der Waals surface area contributed by atoms with Gasteiger partial charge in [0.2, 0.25) is 0 Å². The summed E-state index contributed by atoms with van der Waals surface area (Å²) in [5.41, 5.74) is 0.850. The number of guanidine groups is 1. The van der Waals surface area contributed by atoms with Crippen molar-refractivity contribution in [3.63, 3.8) is 0 Å². The van der Waals surface area contributed by atoms with E-state index >= 15 is 0 Å². The Hall–Kier alpha value is -1.75. The van der Waals surface area contributed by atoms with Crippen LogP contribution in [0.3, 0.4) is 0 Å². The fraction of sp³-hybridized carbons (Fsp3) is 0.611. The predicted molar refractivity (Wildman–Crippen MR) is 93.9 cm³/mol. The summed E-state index contributed by atoms with van der Waals surface area (Å²) in [6.07, 6.45) is 2.15. The zero-order valence-corrected chi connectivity index (χ0v) is 14.4. The van der Waals surface area contributed by atoms with Crippen molar-refractivity contribution in [2.75, 3.05) is 19.6 Å². The number of ether oxygens (including phenoxy) is 1. The molecule has 128 valence electrons. The topological polar surface area (TPSA) is 65.9 Å². The van der Waals surface area contributed by atoms with Gasteiger partial charge in [-0.3, -0.25) is 4.99 Å². The number of aliphatic hydroxyl groups is 1. The molecule has 0 amide bonds. The number of hydrogen-bond acceptors (Lipinski definition) is 3. The Morgan fingerprint density at radius 2 is 1.96 bits per heavy atom. The third kappa shape index (κ3) is 6.48. The van der Waals surface area contributed by atoms with E-state index in [9.17, 15) is 5.11 Å². The van der Waals surface area contributed by atoms with Gasteiger partial charge in [-0.1, -0.05) is 12.1 Å². The summed E-state index contributed by atoms with van der Waals surface area (Å²) in [5.74, 6) is 2.38. The smallest absolute Gasteiger partial charge is 0.191 e. The van der Waals surface area contributed by atoms with Gasteiger partial charge in [-0.2, -0.15) is 0 Å². The Labute approximate surface area is 139 Å². The molecule has 1 fully saturated rings. The van der Waals surface area contributed by atoms with E-state index in [0.29, 0.717) is 6.54 Å². The molecular formula is C18H29N3O2. The molecule has 1 atom stereocenters. The number of benzene rings is 1. The van der Waals surface area contributed by atoms with E-state index < -0.39 is 6.10 Å². The maximum absolute atomic E-state index is 10.3. The number of rotatable bonds is 8. The number of nitrogens with zero attached hydrogens (tertiary/aromatic N) is 1. The van der Waals surface area contributed by atoms with E-state index in [4.69, 9.17) is 4.74 Å². The third-order valence-corrected chi connectivity index (χ3v) is 3.66. The normalized spacial score (nSPS) is 16.3. The SMILES string of the molecule is CCNC(=NCC(O)c1ccc(OC(C)C)cc1)NCC1CC1. The van der Waals surface area contributed by atoms with Crippen LogP contribution in [0.15, 0.2) is 29.3 Å². The summed E-state index contributed by atoms with van der Waals surface area (Å²) in [6, 6.07) is 7.56. The lowest BCUT2D eigenvalue weighted by Gasteiger charge is -2.14. The summed E-state index contributed by atoms with van der Waals surface area (Å²) < 4.78 is 5.61. The first-order valence-corrected chi connectivity index (χ1v) is 8.55. The fourth-order valence-electron chi connectivity index (χ4n) is 2.23. The minimum Gasteiger partial charge on any atom is -0.491 e. The second-order valence-electron chi connectivity index (χ2n) is 6.30. The van der Waals surface area contributed by atoms with Crippen molar-refractivity contribution in [1.82, 2.24) is 10.6 Å². The first-order valence-electron chi connectivity index (χ1n) is 8.55. The second kappa shape index (κ2) is 8.77. The van der Waals surface area contributed by atoms with Crippen molar-refractivity contribution in [1.29, 1.82) is 0 Å². The van der Waals surface area contributed by atoms with Crippen LogP contribution in [0.25, 0.3) is 0 Å². The first kappa shape index (κ1) is 17.6. The molecule has 1 aromatic rings. The van der Waals surface area contributed by atoms with Crippen LogP contribution in [0.1, 0.15) is 45.3 Å². The predicted octanol–water partition coefficient (Wildman–Crippen LogP) is 2.47. The van der Waals surface area contributed by atoms with Gasteiger partial charge in [0.05, 0.1) is 18.8 Å². The standard InChI is InChI=1S/C18H29N3O2/c1-4-19-18(20-11-14-5-6-14)21-12-17(22)15-7-9-16(10-8-15)23-13(2)3/h7-10,13-14,17,22H,4-6,11-12H2,1-3H3,(H2,19,20,21). The van der Waals surface area contributed by atoms with Crippen molar-refractivity contribution in [2.24, 2.45) is 10.9 Å². The average Bonchev–Trinajstić information content (AvgIpc) is 3.34. The van der Waals surface area contributed by atoms with E-state index in [0.717, 1.165) is 36.3 Å². The molecule has 5 nitrogen and oxygen atoms in total. The lowest BCUT2D eigenvalue weighted by Crippen LogP contribution is -2.38. The van der Waals surface area contributed by atoms with Gasteiger partial charge < -0.3 is 20.5 Å². The molecule has 1 aliphatic carbocycles. The molecule has 1 unspecified atom stereocenters. The Kier molecular flexibility index (Phi) is 6.71. The maximum atomic E-state index is 10.3. The highest BCUT2D eigenvalue weighted by Gasteiger charge is 2.21. The molecule has 0 aliphatic heterocycles. The number of hydrogen-bond donors (Lipinski definition) is 3. The van der Waals surface area contributed by atoms with Gasteiger partial charge in [0.15, 0.2) is 5.96 Å². The molecule has 1 aliphatic rings. The molecule has 23 heavy (non-hydrogen) atoms. The van der Waals surface area contributed by atoms with Crippen LogP contribution in [-0.4, -0.2) is 36.8 Å². The monoisotopic (exact) mass is 319 g/mol. The highest BCUT2D eigenvalue weighted by atomic mass is 16.5. The largest absolute Gasteiger partial charge is 0.491 e. The van der Waals surface area contributed by atoms with Crippen molar-refractivity contribution in [3.8, 4) is 5.75 Å². The van der Waals surface area contributed by atoms with Crippen molar-refractivity contribution < 1.29 is 9.84 Å². The molecule has 3 N–H and O–H groups in total. The Balaban J connectivity index is 1.87. The zero-order chi connectivity index (χ0) is 16.7. The van der Waals surface area contributed by atoms with Gasteiger partial charge in [0.25, 0.3) is 0 Å². The summed E-state index contributed by atoms with van der Waals surface area (Å²) in [6.45, 7) is 8.14. The van der Waals surface area contributed by atoms with Crippen molar-refractivity contribution in [3.05, 3.63) is 29.8 Å². The third-order valence-electron chi connectivity index (χ3n) is 3.66. The van der Waals surface area contributed by atoms with Crippen LogP contribution in [0.4, 0.5) is 0 Å². The molecule has 0 aromatic heterocycles. The van der Waals surface area contributed by atoms with E-state index in [1.807, 2.05) is 45.0 Å². The molecule has 1 saturated carbocycles.